The molecule has 0 unspecified atom stereocenters. The van der Waals surface area contributed by atoms with Crippen LogP contribution in [0.1, 0.15) is 6.92 Å². The highest BCUT2D eigenvalue weighted by Gasteiger charge is 2.29. The lowest BCUT2D eigenvalue weighted by atomic mass is 10.3. The highest BCUT2D eigenvalue weighted by molar-refractivity contribution is 7.98. The quantitative estimate of drug-likeness (QED) is 0.574. The largest absolute Gasteiger partial charge is 0.412 e. The van der Waals surface area contributed by atoms with E-state index in [1.54, 1.807) is 6.26 Å². The fourth-order valence-electron chi connectivity index (χ4n) is 0.324. The molecule has 0 aromatic heterocycles. The van der Waals surface area contributed by atoms with Crippen LogP contribution < -0.4 is 0 Å². The van der Waals surface area contributed by atoms with Crippen LogP contribution in [-0.2, 0) is 0 Å². The van der Waals surface area contributed by atoms with Crippen LogP contribution in [0.3, 0.4) is 0 Å². The van der Waals surface area contributed by atoms with Gasteiger partial charge in [-0.15, -0.1) is 0 Å². The van der Waals surface area contributed by atoms with Crippen LogP contribution in [0.5, 0.6) is 0 Å². The summed E-state index contributed by atoms with van der Waals surface area (Å²) in [6.07, 6.45) is -1.19. The molecule has 0 amide bonds. The molecule has 0 heterocycles. The Kier molecular flexibility index (Phi) is 3.86. The first-order chi connectivity index (χ1) is 4.48. The van der Waals surface area contributed by atoms with Gasteiger partial charge in [0.2, 0.25) is 0 Å². The molecular weight excluding hydrogens is 161 g/mol. The second kappa shape index (κ2) is 3.91. The van der Waals surface area contributed by atoms with E-state index in [9.17, 15) is 13.2 Å². The van der Waals surface area contributed by atoms with E-state index >= 15 is 0 Å². The SMILES string of the molecule is CSCC=C(C)C(F)(F)F. The highest BCUT2D eigenvalue weighted by atomic mass is 32.2. The van der Waals surface area contributed by atoms with Crippen LogP contribution >= 0.6 is 11.8 Å². The molecule has 0 spiro atoms. The zero-order valence-corrected chi connectivity index (χ0v) is 6.64. The Morgan fingerprint density at radius 3 is 2.30 bits per heavy atom. The van der Waals surface area contributed by atoms with Gasteiger partial charge >= 0.3 is 6.18 Å². The predicted octanol–water partition coefficient (Wildman–Crippen LogP) is 2.86. The van der Waals surface area contributed by atoms with Crippen molar-refractivity contribution >= 4 is 11.8 Å². The van der Waals surface area contributed by atoms with Crippen molar-refractivity contribution in [2.24, 2.45) is 0 Å². The molecule has 60 valence electrons. The molecule has 0 N–H and O–H groups in total. The Bertz CT molecular complexity index is 125. The summed E-state index contributed by atoms with van der Waals surface area (Å²) in [5.41, 5.74) is -0.512. The molecule has 0 aromatic carbocycles. The van der Waals surface area contributed by atoms with Crippen molar-refractivity contribution in [2.45, 2.75) is 13.1 Å². The van der Waals surface area contributed by atoms with E-state index in [-0.39, 0.29) is 0 Å². The van der Waals surface area contributed by atoms with Gasteiger partial charge in [0.15, 0.2) is 0 Å². The van der Waals surface area contributed by atoms with Gasteiger partial charge in [-0.25, -0.2) is 0 Å². The van der Waals surface area contributed by atoms with Gasteiger partial charge in [0.1, 0.15) is 0 Å². The maximum Gasteiger partial charge on any atom is 0.412 e. The monoisotopic (exact) mass is 170 g/mol. The van der Waals surface area contributed by atoms with Crippen molar-refractivity contribution < 1.29 is 13.2 Å². The molecule has 0 bridgehead atoms. The lowest BCUT2D eigenvalue weighted by Gasteiger charge is -2.04. The van der Waals surface area contributed by atoms with E-state index in [1.807, 2.05) is 0 Å². The fraction of sp³-hybridized carbons (Fsp3) is 0.667. The van der Waals surface area contributed by atoms with Gasteiger partial charge < -0.3 is 0 Å². The van der Waals surface area contributed by atoms with Gasteiger partial charge in [-0.1, -0.05) is 6.08 Å². The minimum atomic E-state index is -4.14. The molecule has 0 aliphatic carbocycles. The molecule has 0 fully saturated rings. The fourth-order valence-corrected chi connectivity index (χ4v) is 0.741. The van der Waals surface area contributed by atoms with Crippen molar-refractivity contribution in [3.05, 3.63) is 11.6 Å². The Labute approximate surface area is 62.5 Å². The number of rotatable bonds is 2. The molecule has 4 heteroatoms. The Morgan fingerprint density at radius 1 is 1.50 bits per heavy atom. The summed E-state index contributed by atoms with van der Waals surface area (Å²) in [7, 11) is 0. The van der Waals surface area contributed by atoms with Crippen LogP contribution in [-0.4, -0.2) is 18.2 Å². The van der Waals surface area contributed by atoms with E-state index in [2.05, 4.69) is 0 Å². The summed E-state index contributed by atoms with van der Waals surface area (Å²) in [6, 6.07) is 0. The third-order valence-electron chi connectivity index (χ3n) is 1.00. The van der Waals surface area contributed by atoms with Crippen LogP contribution in [0.25, 0.3) is 0 Å². The topological polar surface area (TPSA) is 0 Å². The Balaban J connectivity index is 3.93. The summed E-state index contributed by atoms with van der Waals surface area (Å²) >= 11 is 1.37. The second-order valence-electron chi connectivity index (χ2n) is 1.84. The lowest BCUT2D eigenvalue weighted by molar-refractivity contribution is -0.0914. The standard InChI is InChI=1S/C6H9F3S/c1-5(3-4-10-2)6(7,8)9/h3H,4H2,1-2H3. The Morgan fingerprint density at radius 2 is 2.00 bits per heavy atom. The van der Waals surface area contributed by atoms with E-state index in [1.165, 1.54) is 17.8 Å². The summed E-state index contributed by atoms with van der Waals surface area (Å²) < 4.78 is 35.1. The summed E-state index contributed by atoms with van der Waals surface area (Å²) in [4.78, 5) is 0. The van der Waals surface area contributed by atoms with Crippen molar-refractivity contribution in [1.82, 2.24) is 0 Å². The van der Waals surface area contributed by atoms with E-state index < -0.39 is 11.7 Å². The van der Waals surface area contributed by atoms with Gasteiger partial charge in [0.25, 0.3) is 0 Å². The summed E-state index contributed by atoms with van der Waals surface area (Å²) in [5.74, 6) is 0.422. The molecule has 10 heavy (non-hydrogen) atoms. The van der Waals surface area contributed by atoms with E-state index in [4.69, 9.17) is 0 Å². The first-order valence-electron chi connectivity index (χ1n) is 2.71. The molecule has 0 rings (SSSR count). The average Bonchev–Trinajstić information content (AvgIpc) is 1.80. The second-order valence-corrected chi connectivity index (χ2v) is 2.75. The zero-order chi connectivity index (χ0) is 8.20. The number of allylic oxidation sites excluding steroid dienone is 1. The van der Waals surface area contributed by atoms with Crippen LogP contribution in [0, 0.1) is 0 Å². The summed E-state index contributed by atoms with van der Waals surface area (Å²) in [6.45, 7) is 1.08. The number of hydrogen-bond donors (Lipinski definition) is 0. The number of halogens is 3. The maximum atomic E-state index is 11.7. The molecule has 0 nitrogen and oxygen atoms in total. The van der Waals surface area contributed by atoms with Crippen molar-refractivity contribution in [1.29, 1.82) is 0 Å². The predicted molar refractivity (Wildman–Crippen MR) is 38.2 cm³/mol. The molecule has 0 aliphatic heterocycles. The van der Waals surface area contributed by atoms with E-state index in [0.29, 0.717) is 5.75 Å². The first-order valence-corrected chi connectivity index (χ1v) is 4.10. The smallest absolute Gasteiger partial charge is 0.167 e. The molecule has 0 aliphatic rings. The van der Waals surface area contributed by atoms with Gasteiger partial charge in [-0.3, -0.25) is 0 Å². The lowest BCUT2D eigenvalue weighted by Crippen LogP contribution is -2.08. The minimum absolute atomic E-state index is 0.422. The molecule has 0 radical (unpaired) electrons. The number of thioether (sulfide) groups is 1. The van der Waals surface area contributed by atoms with Crippen LogP contribution in [0.4, 0.5) is 13.2 Å². The highest BCUT2D eigenvalue weighted by Crippen LogP contribution is 2.24. The summed E-state index contributed by atoms with van der Waals surface area (Å²) in [5, 5.41) is 0. The van der Waals surface area contributed by atoms with Crippen molar-refractivity contribution in [3.63, 3.8) is 0 Å². The average molecular weight is 170 g/mol. The third-order valence-corrected chi connectivity index (χ3v) is 1.50. The molecular formula is C6H9F3S. The number of alkyl halides is 3. The van der Waals surface area contributed by atoms with Gasteiger partial charge in [-0.2, -0.15) is 24.9 Å². The zero-order valence-electron chi connectivity index (χ0n) is 5.83. The molecule has 0 atom stereocenters. The van der Waals surface area contributed by atoms with Crippen molar-refractivity contribution in [3.8, 4) is 0 Å². The number of hydrogen-bond acceptors (Lipinski definition) is 1. The molecule has 0 saturated carbocycles. The maximum absolute atomic E-state index is 11.7. The first kappa shape index (κ1) is 9.88. The third kappa shape index (κ3) is 3.82. The van der Waals surface area contributed by atoms with Crippen molar-refractivity contribution in [2.75, 3.05) is 12.0 Å². The van der Waals surface area contributed by atoms with Gasteiger partial charge in [-0.05, 0) is 13.2 Å². The van der Waals surface area contributed by atoms with Gasteiger partial charge in [0, 0.05) is 11.3 Å². The van der Waals surface area contributed by atoms with Crippen LogP contribution in [0.15, 0.2) is 11.6 Å². The Hall–Kier alpha value is -0.120. The van der Waals surface area contributed by atoms with Gasteiger partial charge in [0.05, 0.1) is 0 Å². The van der Waals surface area contributed by atoms with Crippen LogP contribution in [0.2, 0.25) is 0 Å². The minimum Gasteiger partial charge on any atom is -0.167 e. The molecule has 0 saturated heterocycles. The normalized spacial score (nSPS) is 13.9. The van der Waals surface area contributed by atoms with E-state index in [0.717, 1.165) is 6.92 Å². The molecule has 0 aromatic rings.